The molecule has 3 heteroatoms. The molecule has 18 heavy (non-hydrogen) atoms. The Bertz CT molecular complexity index is 201. The predicted molar refractivity (Wildman–Crippen MR) is 80.1 cm³/mol. The Morgan fingerprint density at radius 2 is 1.83 bits per heavy atom. The summed E-state index contributed by atoms with van der Waals surface area (Å²) >= 11 is 0. The Balaban J connectivity index is 4.31. The average Bonchev–Trinajstić information content (AvgIpc) is 2.31. The average molecular weight is 258 g/mol. The van der Waals surface area contributed by atoms with Crippen molar-refractivity contribution in [1.29, 1.82) is 0 Å². The minimum absolute atomic E-state index is 0.317. The lowest BCUT2D eigenvalue weighted by atomic mass is 9.84. The molecule has 0 amide bonds. The van der Waals surface area contributed by atoms with E-state index < -0.39 is 0 Å². The highest BCUT2D eigenvalue weighted by atomic mass is 16.5. The Kier molecular flexibility index (Phi) is 8.83. The topological polar surface area (TPSA) is 24.5 Å². The second kappa shape index (κ2) is 8.89. The highest BCUT2D eigenvalue weighted by Gasteiger charge is 2.24. The number of methoxy groups -OCH3 is 1. The molecule has 0 aromatic heterocycles. The summed E-state index contributed by atoms with van der Waals surface area (Å²) in [7, 11) is 3.85. The maximum absolute atomic E-state index is 5.21. The van der Waals surface area contributed by atoms with Gasteiger partial charge in [0.15, 0.2) is 0 Å². The van der Waals surface area contributed by atoms with Crippen LogP contribution in [-0.4, -0.2) is 50.8 Å². The third-order valence-corrected chi connectivity index (χ3v) is 3.90. The Morgan fingerprint density at radius 1 is 1.22 bits per heavy atom. The van der Waals surface area contributed by atoms with E-state index in [2.05, 4.69) is 51.9 Å². The van der Waals surface area contributed by atoms with Gasteiger partial charge in [0.05, 0.1) is 6.61 Å². The van der Waals surface area contributed by atoms with Crippen molar-refractivity contribution in [2.24, 2.45) is 5.41 Å². The van der Waals surface area contributed by atoms with E-state index in [9.17, 15) is 0 Å². The molecule has 0 fully saturated rings. The molecule has 1 N–H and O–H groups in total. The van der Waals surface area contributed by atoms with Crippen LogP contribution in [0, 0.1) is 5.41 Å². The van der Waals surface area contributed by atoms with Crippen LogP contribution in [0.3, 0.4) is 0 Å². The highest BCUT2D eigenvalue weighted by molar-refractivity contribution is 4.81. The molecule has 0 aliphatic rings. The number of nitrogens with one attached hydrogen (secondary N) is 1. The van der Waals surface area contributed by atoms with Gasteiger partial charge in [0.1, 0.15) is 0 Å². The van der Waals surface area contributed by atoms with Crippen LogP contribution in [-0.2, 0) is 4.74 Å². The first-order chi connectivity index (χ1) is 8.36. The predicted octanol–water partition coefficient (Wildman–Crippen LogP) is 2.76. The van der Waals surface area contributed by atoms with E-state index in [1.165, 1.54) is 12.8 Å². The molecule has 0 aliphatic heterocycles. The second-order valence-corrected chi connectivity index (χ2v) is 6.28. The number of ether oxygens (including phenoxy) is 1. The van der Waals surface area contributed by atoms with E-state index in [1.54, 1.807) is 7.11 Å². The summed E-state index contributed by atoms with van der Waals surface area (Å²) in [5.41, 5.74) is 0.317. The van der Waals surface area contributed by atoms with Gasteiger partial charge in [-0.2, -0.15) is 0 Å². The summed E-state index contributed by atoms with van der Waals surface area (Å²) in [6, 6.07) is 1.20. The van der Waals surface area contributed by atoms with Crippen molar-refractivity contribution in [2.45, 2.75) is 59.5 Å². The first-order valence-corrected chi connectivity index (χ1v) is 7.27. The van der Waals surface area contributed by atoms with Crippen molar-refractivity contribution in [3.63, 3.8) is 0 Å². The zero-order valence-corrected chi connectivity index (χ0v) is 13.5. The van der Waals surface area contributed by atoms with Gasteiger partial charge in [-0.3, -0.25) is 4.90 Å². The van der Waals surface area contributed by atoms with E-state index in [1.807, 2.05) is 0 Å². The summed E-state index contributed by atoms with van der Waals surface area (Å²) in [5.74, 6) is 0. The standard InChI is InChI=1S/C15H34N2O/c1-8-13(2)17(11-12-18-7)10-9-14(16-6)15(3,4)5/h13-14,16H,8-12H2,1-7H3. The van der Waals surface area contributed by atoms with Gasteiger partial charge in [-0.25, -0.2) is 0 Å². The molecule has 3 nitrogen and oxygen atoms in total. The highest BCUT2D eigenvalue weighted by Crippen LogP contribution is 2.22. The first-order valence-electron chi connectivity index (χ1n) is 7.27. The third-order valence-electron chi connectivity index (χ3n) is 3.90. The van der Waals surface area contributed by atoms with Gasteiger partial charge in [-0.1, -0.05) is 27.7 Å². The molecule has 2 atom stereocenters. The van der Waals surface area contributed by atoms with Crippen molar-refractivity contribution < 1.29 is 4.74 Å². The van der Waals surface area contributed by atoms with Crippen LogP contribution in [0.2, 0.25) is 0 Å². The zero-order valence-electron chi connectivity index (χ0n) is 13.5. The van der Waals surface area contributed by atoms with Crippen molar-refractivity contribution in [3.05, 3.63) is 0 Å². The molecule has 0 rings (SSSR count). The fourth-order valence-corrected chi connectivity index (χ4v) is 2.32. The van der Waals surface area contributed by atoms with Crippen LogP contribution >= 0.6 is 0 Å². The largest absolute Gasteiger partial charge is 0.383 e. The molecule has 0 bridgehead atoms. The minimum atomic E-state index is 0.317. The van der Waals surface area contributed by atoms with Crippen molar-refractivity contribution >= 4 is 0 Å². The second-order valence-electron chi connectivity index (χ2n) is 6.28. The monoisotopic (exact) mass is 258 g/mol. The van der Waals surface area contributed by atoms with Crippen LogP contribution < -0.4 is 5.32 Å². The minimum Gasteiger partial charge on any atom is -0.383 e. The number of hydrogen-bond acceptors (Lipinski definition) is 3. The van der Waals surface area contributed by atoms with Gasteiger partial charge in [-0.15, -0.1) is 0 Å². The molecular formula is C15H34N2O. The third kappa shape index (κ3) is 6.72. The number of nitrogens with zero attached hydrogens (tertiary/aromatic N) is 1. The Labute approximate surface area is 114 Å². The van der Waals surface area contributed by atoms with Crippen LogP contribution in [0.15, 0.2) is 0 Å². The SMILES string of the molecule is CCC(C)N(CCOC)CCC(NC)C(C)(C)C. The maximum atomic E-state index is 5.21. The van der Waals surface area contributed by atoms with E-state index in [-0.39, 0.29) is 0 Å². The Morgan fingerprint density at radius 3 is 2.22 bits per heavy atom. The van der Waals surface area contributed by atoms with E-state index in [4.69, 9.17) is 4.74 Å². The van der Waals surface area contributed by atoms with Gasteiger partial charge < -0.3 is 10.1 Å². The van der Waals surface area contributed by atoms with Crippen LogP contribution in [0.4, 0.5) is 0 Å². The van der Waals surface area contributed by atoms with Gasteiger partial charge in [0.25, 0.3) is 0 Å². The molecule has 0 aliphatic carbocycles. The summed E-state index contributed by atoms with van der Waals surface area (Å²) in [6.45, 7) is 14.5. The summed E-state index contributed by atoms with van der Waals surface area (Å²) in [5, 5.41) is 3.45. The van der Waals surface area contributed by atoms with Crippen LogP contribution in [0.25, 0.3) is 0 Å². The number of rotatable bonds is 9. The molecule has 0 saturated carbocycles. The van der Waals surface area contributed by atoms with Gasteiger partial charge in [0.2, 0.25) is 0 Å². The number of hydrogen-bond donors (Lipinski definition) is 1. The fraction of sp³-hybridized carbons (Fsp3) is 1.00. The van der Waals surface area contributed by atoms with E-state index >= 15 is 0 Å². The lowest BCUT2D eigenvalue weighted by molar-refractivity contribution is 0.113. The lowest BCUT2D eigenvalue weighted by Gasteiger charge is -2.34. The van der Waals surface area contributed by atoms with E-state index in [0.29, 0.717) is 17.5 Å². The normalized spacial score (nSPS) is 16.0. The maximum Gasteiger partial charge on any atom is 0.0589 e. The van der Waals surface area contributed by atoms with Gasteiger partial charge in [-0.05, 0) is 32.2 Å². The first kappa shape index (κ1) is 17.9. The fourth-order valence-electron chi connectivity index (χ4n) is 2.32. The van der Waals surface area contributed by atoms with Crippen molar-refractivity contribution in [3.8, 4) is 0 Å². The molecular weight excluding hydrogens is 224 g/mol. The summed E-state index contributed by atoms with van der Waals surface area (Å²) in [4.78, 5) is 2.54. The van der Waals surface area contributed by atoms with Crippen molar-refractivity contribution in [2.75, 3.05) is 33.9 Å². The molecule has 0 heterocycles. The van der Waals surface area contributed by atoms with Crippen LogP contribution in [0.5, 0.6) is 0 Å². The molecule has 0 aromatic rings. The summed E-state index contributed by atoms with van der Waals surface area (Å²) < 4.78 is 5.21. The molecule has 0 spiro atoms. The summed E-state index contributed by atoms with van der Waals surface area (Å²) in [6.07, 6.45) is 2.39. The molecule has 110 valence electrons. The quantitative estimate of drug-likeness (QED) is 0.688. The van der Waals surface area contributed by atoms with E-state index in [0.717, 1.165) is 19.7 Å². The van der Waals surface area contributed by atoms with Crippen molar-refractivity contribution in [1.82, 2.24) is 10.2 Å². The Hall–Kier alpha value is -0.120. The molecule has 0 saturated heterocycles. The van der Waals surface area contributed by atoms with Crippen LogP contribution in [0.1, 0.15) is 47.5 Å². The lowest BCUT2D eigenvalue weighted by Crippen LogP contribution is -2.43. The zero-order chi connectivity index (χ0) is 14.2. The molecule has 0 aromatic carbocycles. The molecule has 2 unspecified atom stereocenters. The van der Waals surface area contributed by atoms with Gasteiger partial charge >= 0.3 is 0 Å². The molecule has 0 radical (unpaired) electrons. The smallest absolute Gasteiger partial charge is 0.0589 e. The van der Waals surface area contributed by atoms with Gasteiger partial charge in [0, 0.05) is 32.3 Å².